The van der Waals surface area contributed by atoms with Crippen molar-refractivity contribution in [2.75, 3.05) is 5.32 Å². The molecule has 0 bridgehead atoms. The molecule has 0 unspecified atom stereocenters. The van der Waals surface area contributed by atoms with Gasteiger partial charge in [0.1, 0.15) is 4.88 Å². The Morgan fingerprint density at radius 3 is 2.76 bits per heavy atom. The molecule has 3 nitrogen and oxygen atoms in total. The molecule has 21 heavy (non-hydrogen) atoms. The molecular weight excluding hydrogens is 304 g/mol. The van der Waals surface area contributed by atoms with E-state index in [1.165, 1.54) is 11.3 Å². The summed E-state index contributed by atoms with van der Waals surface area (Å²) in [5, 5.41) is 4.58. The summed E-state index contributed by atoms with van der Waals surface area (Å²) in [4.78, 5) is 17.6. The van der Waals surface area contributed by atoms with Crippen molar-refractivity contribution in [2.24, 2.45) is 5.92 Å². The van der Waals surface area contributed by atoms with Gasteiger partial charge >= 0.3 is 0 Å². The molecular formula is C16H19ClN2OS. The number of aromatic nitrogens is 1. The van der Waals surface area contributed by atoms with Gasteiger partial charge in [0.2, 0.25) is 0 Å². The van der Waals surface area contributed by atoms with E-state index in [-0.39, 0.29) is 5.91 Å². The fraction of sp³-hybridized carbons (Fsp3) is 0.375. The van der Waals surface area contributed by atoms with Gasteiger partial charge in [0, 0.05) is 17.1 Å². The zero-order chi connectivity index (χ0) is 15.6. The lowest BCUT2D eigenvalue weighted by molar-refractivity contribution is 0.102. The van der Waals surface area contributed by atoms with Crippen molar-refractivity contribution in [1.82, 2.24) is 4.98 Å². The molecule has 0 spiro atoms. The molecule has 1 amide bonds. The van der Waals surface area contributed by atoms with Gasteiger partial charge in [-0.2, -0.15) is 0 Å². The van der Waals surface area contributed by atoms with Crippen LogP contribution in [0.15, 0.2) is 18.2 Å². The zero-order valence-electron chi connectivity index (χ0n) is 12.7. The van der Waals surface area contributed by atoms with Crippen LogP contribution in [0.1, 0.15) is 39.8 Å². The van der Waals surface area contributed by atoms with E-state index in [4.69, 9.17) is 11.6 Å². The normalized spacial score (nSPS) is 11.0. The molecule has 2 aromatic rings. The summed E-state index contributed by atoms with van der Waals surface area (Å²) in [6.45, 7) is 8.05. The lowest BCUT2D eigenvalue weighted by Gasteiger charge is -2.08. The number of amides is 1. The Morgan fingerprint density at radius 1 is 1.38 bits per heavy atom. The molecule has 2 rings (SSSR count). The van der Waals surface area contributed by atoms with Gasteiger partial charge in [-0.1, -0.05) is 31.5 Å². The summed E-state index contributed by atoms with van der Waals surface area (Å²) in [5.41, 5.74) is 2.40. The maximum atomic E-state index is 12.4. The van der Waals surface area contributed by atoms with Crippen LogP contribution in [0.2, 0.25) is 5.02 Å². The molecule has 1 aromatic carbocycles. The first kappa shape index (κ1) is 16.0. The van der Waals surface area contributed by atoms with Crippen molar-refractivity contribution < 1.29 is 4.79 Å². The molecule has 0 aliphatic rings. The predicted octanol–water partition coefficient (Wildman–Crippen LogP) is 4.86. The third-order valence-corrected chi connectivity index (χ3v) is 4.73. The number of carbonyl (C=O) groups is 1. The summed E-state index contributed by atoms with van der Waals surface area (Å²) in [5.74, 6) is 0.409. The van der Waals surface area contributed by atoms with E-state index >= 15 is 0 Å². The third-order valence-electron chi connectivity index (χ3n) is 3.15. The van der Waals surface area contributed by atoms with Crippen LogP contribution < -0.4 is 5.32 Å². The van der Waals surface area contributed by atoms with Gasteiger partial charge in [0.05, 0.1) is 10.7 Å². The molecule has 0 atom stereocenters. The van der Waals surface area contributed by atoms with Crippen molar-refractivity contribution in [2.45, 2.75) is 34.1 Å². The topological polar surface area (TPSA) is 42.0 Å². The summed E-state index contributed by atoms with van der Waals surface area (Å²) < 4.78 is 0. The van der Waals surface area contributed by atoms with Crippen LogP contribution in [-0.2, 0) is 6.42 Å². The number of hydrogen-bond donors (Lipinski definition) is 1. The van der Waals surface area contributed by atoms with Gasteiger partial charge in [-0.15, -0.1) is 11.3 Å². The predicted molar refractivity (Wildman–Crippen MR) is 89.5 cm³/mol. The second kappa shape index (κ2) is 6.58. The number of hydrogen-bond acceptors (Lipinski definition) is 3. The lowest BCUT2D eigenvalue weighted by atomic mass is 10.1. The summed E-state index contributed by atoms with van der Waals surface area (Å²) in [7, 11) is 0. The van der Waals surface area contributed by atoms with Crippen LogP contribution in [-0.4, -0.2) is 10.9 Å². The molecule has 5 heteroatoms. The number of aryl methyl sites for hydroxylation is 1. The van der Waals surface area contributed by atoms with Gasteiger partial charge < -0.3 is 5.32 Å². The van der Waals surface area contributed by atoms with Gasteiger partial charge in [0.25, 0.3) is 5.91 Å². The fourth-order valence-corrected chi connectivity index (χ4v) is 3.37. The number of carbonyl (C=O) groups excluding carboxylic acids is 1. The molecule has 1 heterocycles. The van der Waals surface area contributed by atoms with Crippen LogP contribution in [0.25, 0.3) is 0 Å². The highest BCUT2D eigenvalue weighted by atomic mass is 35.5. The Labute approximate surface area is 134 Å². The Balaban J connectivity index is 2.20. The summed E-state index contributed by atoms with van der Waals surface area (Å²) >= 11 is 7.54. The number of nitrogens with one attached hydrogen (secondary N) is 1. The van der Waals surface area contributed by atoms with Crippen molar-refractivity contribution in [3.8, 4) is 0 Å². The van der Waals surface area contributed by atoms with E-state index in [0.717, 1.165) is 28.4 Å². The van der Waals surface area contributed by atoms with E-state index in [1.807, 2.05) is 32.0 Å². The first-order chi connectivity index (χ1) is 9.88. The number of halogens is 1. The second-order valence-corrected chi connectivity index (χ2v) is 6.98. The SMILES string of the molecule is Cc1nc(CC(C)C)sc1C(=O)Nc1cccc(Cl)c1C. The molecule has 1 aromatic heterocycles. The third kappa shape index (κ3) is 3.83. The van der Waals surface area contributed by atoms with Crippen LogP contribution in [0.4, 0.5) is 5.69 Å². The van der Waals surface area contributed by atoms with Crippen molar-refractivity contribution in [3.63, 3.8) is 0 Å². The minimum absolute atomic E-state index is 0.120. The Morgan fingerprint density at radius 2 is 2.10 bits per heavy atom. The van der Waals surface area contributed by atoms with Gasteiger partial charge in [-0.05, 0) is 37.5 Å². The first-order valence-corrected chi connectivity index (χ1v) is 8.10. The van der Waals surface area contributed by atoms with E-state index < -0.39 is 0 Å². The summed E-state index contributed by atoms with van der Waals surface area (Å²) in [6.07, 6.45) is 0.898. The average Bonchev–Trinajstić information content (AvgIpc) is 2.75. The molecule has 0 saturated heterocycles. The largest absolute Gasteiger partial charge is 0.321 e. The van der Waals surface area contributed by atoms with Crippen molar-refractivity contribution in [3.05, 3.63) is 44.4 Å². The highest BCUT2D eigenvalue weighted by molar-refractivity contribution is 7.13. The number of thiazole rings is 1. The van der Waals surface area contributed by atoms with Crippen LogP contribution >= 0.6 is 22.9 Å². The number of benzene rings is 1. The Hall–Kier alpha value is -1.39. The lowest BCUT2D eigenvalue weighted by Crippen LogP contribution is -2.12. The van der Waals surface area contributed by atoms with Gasteiger partial charge in [-0.25, -0.2) is 4.98 Å². The zero-order valence-corrected chi connectivity index (χ0v) is 14.2. The molecule has 0 radical (unpaired) electrons. The first-order valence-electron chi connectivity index (χ1n) is 6.91. The standard InChI is InChI=1S/C16H19ClN2OS/c1-9(2)8-14-18-11(4)15(21-14)16(20)19-13-7-5-6-12(17)10(13)3/h5-7,9H,8H2,1-4H3,(H,19,20). The van der Waals surface area contributed by atoms with Gasteiger partial charge in [0.15, 0.2) is 0 Å². The maximum absolute atomic E-state index is 12.4. The van der Waals surface area contributed by atoms with Gasteiger partial charge in [-0.3, -0.25) is 4.79 Å². The number of rotatable bonds is 4. The summed E-state index contributed by atoms with van der Waals surface area (Å²) in [6, 6.07) is 5.49. The highest BCUT2D eigenvalue weighted by Crippen LogP contribution is 2.26. The van der Waals surface area contributed by atoms with Crippen molar-refractivity contribution in [1.29, 1.82) is 0 Å². The highest BCUT2D eigenvalue weighted by Gasteiger charge is 2.17. The second-order valence-electron chi connectivity index (χ2n) is 5.49. The van der Waals surface area contributed by atoms with E-state index in [0.29, 0.717) is 15.8 Å². The average molecular weight is 323 g/mol. The molecule has 0 aliphatic heterocycles. The minimum Gasteiger partial charge on any atom is -0.321 e. The smallest absolute Gasteiger partial charge is 0.267 e. The molecule has 0 fully saturated rings. The monoisotopic (exact) mass is 322 g/mol. The molecule has 0 saturated carbocycles. The quantitative estimate of drug-likeness (QED) is 0.873. The van der Waals surface area contributed by atoms with E-state index in [9.17, 15) is 4.79 Å². The minimum atomic E-state index is -0.120. The van der Waals surface area contributed by atoms with Crippen LogP contribution in [0.5, 0.6) is 0 Å². The molecule has 1 N–H and O–H groups in total. The molecule has 112 valence electrons. The number of nitrogens with zero attached hydrogens (tertiary/aromatic N) is 1. The Bertz CT molecular complexity index is 664. The van der Waals surface area contributed by atoms with Crippen molar-refractivity contribution >= 4 is 34.5 Å². The number of anilines is 1. The Kier molecular flexibility index (Phi) is 5.01. The maximum Gasteiger partial charge on any atom is 0.267 e. The molecule has 0 aliphatic carbocycles. The fourth-order valence-electron chi connectivity index (χ4n) is 2.02. The van der Waals surface area contributed by atoms with Crippen LogP contribution in [0.3, 0.4) is 0 Å². The van der Waals surface area contributed by atoms with E-state index in [2.05, 4.69) is 24.1 Å². The van der Waals surface area contributed by atoms with Crippen LogP contribution in [0, 0.1) is 19.8 Å². The van der Waals surface area contributed by atoms with E-state index in [1.54, 1.807) is 0 Å².